The smallest absolute Gasteiger partial charge is 0.0893 e. The Morgan fingerprint density at radius 1 is 1.75 bits per heavy atom. The second-order valence-electron chi connectivity index (χ2n) is 2.36. The van der Waals surface area contributed by atoms with E-state index in [0.717, 1.165) is 5.03 Å². The molecule has 0 amide bonds. The first-order valence-electron chi connectivity index (χ1n) is 2.53. The van der Waals surface area contributed by atoms with E-state index in [2.05, 4.69) is 25.4 Å². The van der Waals surface area contributed by atoms with E-state index in [-0.39, 0.29) is 4.75 Å². The van der Waals surface area contributed by atoms with Gasteiger partial charge in [0, 0.05) is 6.21 Å². The minimum absolute atomic E-state index is 0.192. The number of nitrogens with zero attached hydrogens (tertiary/aromatic N) is 1. The zero-order chi connectivity index (χ0) is 6.20. The number of thioether (sulfide) groups is 1. The molecule has 0 saturated carbocycles. The van der Waals surface area contributed by atoms with Crippen molar-refractivity contribution in [2.75, 3.05) is 0 Å². The van der Waals surface area contributed by atoms with Crippen LogP contribution < -0.4 is 0 Å². The molecule has 0 unspecified atom stereocenters. The lowest BCUT2D eigenvalue weighted by Crippen LogP contribution is -2.10. The lowest BCUT2D eigenvalue weighted by atomic mass is 10.2. The van der Waals surface area contributed by atoms with Gasteiger partial charge < -0.3 is 0 Å². The quantitative estimate of drug-likeness (QED) is 0.485. The van der Waals surface area contributed by atoms with E-state index < -0.39 is 0 Å². The normalized spacial score (nSPS) is 24.5. The fourth-order valence-electron chi connectivity index (χ4n) is 0.584. The van der Waals surface area contributed by atoms with Gasteiger partial charge in [-0.25, -0.2) is 0 Å². The second-order valence-corrected chi connectivity index (χ2v) is 4.09. The van der Waals surface area contributed by atoms with E-state index in [1.165, 1.54) is 0 Å². The van der Waals surface area contributed by atoms with Crippen LogP contribution in [0, 0.1) is 0 Å². The SMILES string of the molecule is C=C1N=CC(C)(C)S1. The molecule has 8 heavy (non-hydrogen) atoms. The highest BCUT2D eigenvalue weighted by atomic mass is 32.2. The largest absolute Gasteiger partial charge is 0.253 e. The Kier molecular flexibility index (Phi) is 1.19. The van der Waals surface area contributed by atoms with Crippen molar-refractivity contribution >= 4 is 18.0 Å². The molecule has 0 radical (unpaired) electrons. The van der Waals surface area contributed by atoms with Gasteiger partial charge in [-0.2, -0.15) is 0 Å². The van der Waals surface area contributed by atoms with Crippen LogP contribution in [0.25, 0.3) is 0 Å². The molecule has 0 bridgehead atoms. The van der Waals surface area contributed by atoms with Crippen LogP contribution in [-0.4, -0.2) is 11.0 Å². The van der Waals surface area contributed by atoms with Gasteiger partial charge in [0.15, 0.2) is 0 Å². The molecule has 0 aliphatic carbocycles. The molecule has 0 atom stereocenters. The monoisotopic (exact) mass is 127 g/mol. The van der Waals surface area contributed by atoms with Crippen LogP contribution in [0.2, 0.25) is 0 Å². The van der Waals surface area contributed by atoms with Crippen molar-refractivity contribution in [3.05, 3.63) is 11.6 Å². The maximum absolute atomic E-state index is 4.03. The average Bonchev–Trinajstić information content (AvgIpc) is 1.82. The van der Waals surface area contributed by atoms with E-state index in [9.17, 15) is 0 Å². The van der Waals surface area contributed by atoms with E-state index >= 15 is 0 Å². The predicted octanol–water partition coefficient (Wildman–Crippen LogP) is 2.05. The minimum atomic E-state index is 0.192. The van der Waals surface area contributed by atoms with Gasteiger partial charge in [0.2, 0.25) is 0 Å². The first kappa shape index (κ1) is 5.89. The Morgan fingerprint density at radius 3 is 2.50 bits per heavy atom. The molecule has 0 aromatic heterocycles. The van der Waals surface area contributed by atoms with Crippen LogP contribution in [0.3, 0.4) is 0 Å². The molecule has 0 saturated heterocycles. The Labute approximate surface area is 53.9 Å². The number of rotatable bonds is 0. The summed E-state index contributed by atoms with van der Waals surface area (Å²) in [7, 11) is 0. The van der Waals surface area contributed by atoms with Crippen molar-refractivity contribution < 1.29 is 0 Å². The first-order valence-corrected chi connectivity index (χ1v) is 3.35. The lowest BCUT2D eigenvalue weighted by Gasteiger charge is -2.08. The van der Waals surface area contributed by atoms with Crippen molar-refractivity contribution in [2.24, 2.45) is 4.99 Å². The van der Waals surface area contributed by atoms with Gasteiger partial charge in [0.05, 0.1) is 9.78 Å². The molecule has 0 spiro atoms. The van der Waals surface area contributed by atoms with E-state index in [0.29, 0.717) is 0 Å². The fourth-order valence-corrected chi connectivity index (χ4v) is 1.40. The summed E-state index contributed by atoms with van der Waals surface area (Å²) in [6, 6.07) is 0. The molecule has 1 aliphatic heterocycles. The van der Waals surface area contributed by atoms with Crippen molar-refractivity contribution in [3.63, 3.8) is 0 Å². The number of aliphatic imine (C=N–C) groups is 1. The summed E-state index contributed by atoms with van der Waals surface area (Å²) in [6.07, 6.45) is 1.93. The molecule has 0 aromatic carbocycles. The maximum Gasteiger partial charge on any atom is 0.0893 e. The van der Waals surface area contributed by atoms with E-state index in [4.69, 9.17) is 0 Å². The summed E-state index contributed by atoms with van der Waals surface area (Å²) in [6.45, 7) is 7.96. The summed E-state index contributed by atoms with van der Waals surface area (Å²) >= 11 is 1.71. The molecule has 0 aromatic rings. The zero-order valence-corrected chi connectivity index (χ0v) is 5.96. The van der Waals surface area contributed by atoms with E-state index in [1.807, 2.05) is 6.21 Å². The molecular weight excluding hydrogens is 118 g/mol. The van der Waals surface area contributed by atoms with Crippen molar-refractivity contribution in [3.8, 4) is 0 Å². The summed E-state index contributed by atoms with van der Waals surface area (Å²) in [5.41, 5.74) is 0. The summed E-state index contributed by atoms with van der Waals surface area (Å²) in [5.74, 6) is 0. The standard InChI is InChI=1S/C6H9NS/c1-5-7-4-6(2,3)8-5/h4H,1H2,2-3H3. The van der Waals surface area contributed by atoms with Gasteiger partial charge in [-0.05, 0) is 13.8 Å². The average molecular weight is 127 g/mol. The molecule has 1 rings (SSSR count). The fraction of sp³-hybridized carbons (Fsp3) is 0.500. The highest BCUT2D eigenvalue weighted by Crippen LogP contribution is 2.34. The predicted molar refractivity (Wildman–Crippen MR) is 39.3 cm³/mol. The van der Waals surface area contributed by atoms with Crippen molar-refractivity contribution in [2.45, 2.75) is 18.6 Å². The lowest BCUT2D eigenvalue weighted by molar-refractivity contribution is 0.988. The van der Waals surface area contributed by atoms with Crippen LogP contribution in [0.4, 0.5) is 0 Å². The van der Waals surface area contributed by atoms with Gasteiger partial charge in [0.1, 0.15) is 0 Å². The minimum Gasteiger partial charge on any atom is -0.253 e. The molecule has 1 aliphatic rings. The zero-order valence-electron chi connectivity index (χ0n) is 5.14. The van der Waals surface area contributed by atoms with Crippen molar-refractivity contribution in [1.82, 2.24) is 0 Å². The Balaban J connectivity index is 2.72. The molecule has 1 heterocycles. The molecular formula is C6H9NS. The molecule has 0 N–H and O–H groups in total. The highest BCUT2D eigenvalue weighted by Gasteiger charge is 2.21. The Hall–Kier alpha value is -0.240. The number of hydrogen-bond acceptors (Lipinski definition) is 2. The summed E-state index contributed by atoms with van der Waals surface area (Å²) in [5, 5.41) is 0.926. The van der Waals surface area contributed by atoms with Crippen LogP contribution >= 0.6 is 11.8 Å². The highest BCUT2D eigenvalue weighted by molar-refractivity contribution is 8.05. The van der Waals surface area contributed by atoms with Gasteiger partial charge in [-0.1, -0.05) is 18.3 Å². The summed E-state index contributed by atoms with van der Waals surface area (Å²) in [4.78, 5) is 4.03. The second kappa shape index (κ2) is 1.62. The van der Waals surface area contributed by atoms with Gasteiger partial charge in [0.25, 0.3) is 0 Å². The third-order valence-corrected chi connectivity index (χ3v) is 1.87. The van der Waals surface area contributed by atoms with Gasteiger partial charge in [-0.3, -0.25) is 4.99 Å². The maximum atomic E-state index is 4.03. The Bertz CT molecular complexity index is 147. The molecule has 44 valence electrons. The third-order valence-electron chi connectivity index (χ3n) is 0.900. The van der Waals surface area contributed by atoms with Crippen LogP contribution in [0.1, 0.15) is 13.8 Å². The van der Waals surface area contributed by atoms with E-state index in [1.54, 1.807) is 11.8 Å². The summed E-state index contributed by atoms with van der Waals surface area (Å²) < 4.78 is 0.192. The molecule has 1 nitrogen and oxygen atoms in total. The third kappa shape index (κ3) is 1.13. The molecule has 2 heteroatoms. The van der Waals surface area contributed by atoms with Crippen LogP contribution in [-0.2, 0) is 0 Å². The topological polar surface area (TPSA) is 12.4 Å². The van der Waals surface area contributed by atoms with Crippen LogP contribution in [0.5, 0.6) is 0 Å². The first-order chi connectivity index (χ1) is 3.60. The number of hydrogen-bond donors (Lipinski definition) is 0. The Morgan fingerprint density at radius 2 is 2.38 bits per heavy atom. The van der Waals surface area contributed by atoms with Crippen LogP contribution in [0.15, 0.2) is 16.6 Å². The van der Waals surface area contributed by atoms with Gasteiger partial charge >= 0.3 is 0 Å². The van der Waals surface area contributed by atoms with Crippen molar-refractivity contribution in [1.29, 1.82) is 0 Å². The van der Waals surface area contributed by atoms with Gasteiger partial charge in [-0.15, -0.1) is 0 Å². The molecule has 0 fully saturated rings.